The van der Waals surface area contributed by atoms with Gasteiger partial charge in [0, 0.05) is 25.8 Å². The summed E-state index contributed by atoms with van der Waals surface area (Å²) < 4.78 is 13.9. The number of terminal acetylenes is 1. The van der Waals surface area contributed by atoms with Crippen LogP contribution < -0.4 is 5.32 Å². The SMILES string of the molecule is C#CCCC1(CCNC(=O)c2c(F)ccc(C(=O)O)c2C)N=N1. The largest absolute Gasteiger partial charge is 0.478 e. The van der Waals surface area contributed by atoms with E-state index in [1.807, 2.05) is 0 Å². The number of aromatic carboxylic acids is 1. The molecule has 1 aromatic carbocycles. The van der Waals surface area contributed by atoms with Gasteiger partial charge in [-0.2, -0.15) is 10.2 Å². The Morgan fingerprint density at radius 3 is 2.65 bits per heavy atom. The number of carbonyl (C=O) groups is 2. The number of benzene rings is 1. The quantitative estimate of drug-likeness (QED) is 0.757. The fourth-order valence-electron chi connectivity index (χ4n) is 2.32. The van der Waals surface area contributed by atoms with E-state index in [9.17, 15) is 14.0 Å². The van der Waals surface area contributed by atoms with Crippen molar-refractivity contribution in [3.05, 3.63) is 34.6 Å². The van der Waals surface area contributed by atoms with E-state index in [1.54, 1.807) is 0 Å². The second kappa shape index (κ2) is 6.57. The van der Waals surface area contributed by atoms with Crippen LogP contribution >= 0.6 is 0 Å². The molecule has 0 aliphatic carbocycles. The van der Waals surface area contributed by atoms with Crippen LogP contribution in [-0.2, 0) is 0 Å². The Hall–Kier alpha value is -2.75. The number of nitrogens with one attached hydrogen (secondary N) is 1. The molecule has 7 heteroatoms. The zero-order valence-electron chi connectivity index (χ0n) is 12.6. The lowest BCUT2D eigenvalue weighted by Gasteiger charge is -2.12. The van der Waals surface area contributed by atoms with Crippen LogP contribution in [0.15, 0.2) is 22.4 Å². The number of amides is 1. The Kier molecular flexibility index (Phi) is 4.74. The number of carboxylic acids is 1. The lowest BCUT2D eigenvalue weighted by molar-refractivity contribution is 0.0696. The summed E-state index contributed by atoms with van der Waals surface area (Å²) in [6.45, 7) is 1.65. The Labute approximate surface area is 132 Å². The third kappa shape index (κ3) is 3.72. The first-order valence-electron chi connectivity index (χ1n) is 7.08. The molecule has 1 aliphatic rings. The van der Waals surface area contributed by atoms with Gasteiger partial charge < -0.3 is 10.4 Å². The second-order valence-electron chi connectivity index (χ2n) is 5.29. The molecular weight excluding hydrogens is 301 g/mol. The maximum atomic E-state index is 13.9. The number of rotatable bonds is 7. The topological polar surface area (TPSA) is 91.1 Å². The number of nitrogens with zero attached hydrogens (tertiary/aromatic N) is 2. The molecule has 0 spiro atoms. The predicted octanol–water partition coefficient (Wildman–Crippen LogP) is 2.53. The van der Waals surface area contributed by atoms with E-state index in [0.717, 1.165) is 12.1 Å². The molecular formula is C16H16FN3O3. The molecule has 0 saturated carbocycles. The molecule has 1 amide bonds. The van der Waals surface area contributed by atoms with E-state index in [-0.39, 0.29) is 23.2 Å². The van der Waals surface area contributed by atoms with Crippen molar-refractivity contribution in [3.63, 3.8) is 0 Å². The Morgan fingerprint density at radius 2 is 2.09 bits per heavy atom. The van der Waals surface area contributed by atoms with Gasteiger partial charge in [-0.25, -0.2) is 9.18 Å². The van der Waals surface area contributed by atoms with Gasteiger partial charge in [0.15, 0.2) is 5.66 Å². The van der Waals surface area contributed by atoms with Gasteiger partial charge >= 0.3 is 5.97 Å². The maximum absolute atomic E-state index is 13.9. The smallest absolute Gasteiger partial charge is 0.335 e. The van der Waals surface area contributed by atoms with E-state index >= 15 is 0 Å². The summed E-state index contributed by atoms with van der Waals surface area (Å²) in [7, 11) is 0. The van der Waals surface area contributed by atoms with Gasteiger partial charge in [-0.05, 0) is 24.6 Å². The molecule has 2 rings (SSSR count). The standard InChI is InChI=1S/C16H16FN3O3/c1-3-4-7-16(19-20-16)8-9-18-14(21)13-10(2)11(15(22)23)5-6-12(13)17/h1,5-6H,4,7-9H2,2H3,(H,18,21)(H,22,23). The van der Waals surface area contributed by atoms with Gasteiger partial charge in [0.1, 0.15) is 5.82 Å². The molecule has 0 saturated heterocycles. The Bertz CT molecular complexity index is 716. The molecule has 0 atom stereocenters. The molecule has 0 bridgehead atoms. The molecule has 0 fully saturated rings. The minimum Gasteiger partial charge on any atom is -0.478 e. The van der Waals surface area contributed by atoms with Crippen LogP contribution in [0.4, 0.5) is 4.39 Å². The third-order valence-corrected chi connectivity index (χ3v) is 3.74. The highest BCUT2D eigenvalue weighted by molar-refractivity contribution is 6.00. The number of carboxylic acid groups (broad SMARTS) is 1. The van der Waals surface area contributed by atoms with E-state index in [2.05, 4.69) is 21.5 Å². The van der Waals surface area contributed by atoms with Crippen LogP contribution in [-0.4, -0.2) is 29.2 Å². The molecule has 1 aliphatic heterocycles. The van der Waals surface area contributed by atoms with Gasteiger partial charge in [0.05, 0.1) is 11.1 Å². The van der Waals surface area contributed by atoms with E-state index in [1.165, 1.54) is 6.92 Å². The van der Waals surface area contributed by atoms with Crippen LogP contribution in [0.25, 0.3) is 0 Å². The minimum absolute atomic E-state index is 0.0952. The highest BCUT2D eigenvalue weighted by atomic mass is 19.1. The van der Waals surface area contributed by atoms with Gasteiger partial charge in [-0.15, -0.1) is 12.3 Å². The molecule has 0 unspecified atom stereocenters. The summed E-state index contributed by atoms with van der Waals surface area (Å²) in [5.74, 6) is -0.113. The molecule has 1 aromatic rings. The molecule has 2 N–H and O–H groups in total. The zero-order valence-corrected chi connectivity index (χ0v) is 12.6. The molecule has 23 heavy (non-hydrogen) atoms. The first-order valence-corrected chi connectivity index (χ1v) is 7.08. The first-order chi connectivity index (χ1) is 10.9. The number of halogens is 1. The summed E-state index contributed by atoms with van der Waals surface area (Å²) in [6.07, 6.45) is 6.82. The van der Waals surface area contributed by atoms with Gasteiger partial charge in [0.25, 0.3) is 5.91 Å². The van der Waals surface area contributed by atoms with Crippen LogP contribution in [0.3, 0.4) is 0 Å². The van der Waals surface area contributed by atoms with Crippen molar-refractivity contribution < 1.29 is 19.1 Å². The lowest BCUT2D eigenvalue weighted by Crippen LogP contribution is -2.30. The van der Waals surface area contributed by atoms with Crippen LogP contribution in [0.2, 0.25) is 0 Å². The fourth-order valence-corrected chi connectivity index (χ4v) is 2.32. The van der Waals surface area contributed by atoms with Crippen molar-refractivity contribution in [1.82, 2.24) is 5.32 Å². The molecule has 120 valence electrons. The van der Waals surface area contributed by atoms with Crippen LogP contribution in [0, 0.1) is 25.1 Å². The van der Waals surface area contributed by atoms with Crippen LogP contribution in [0.1, 0.15) is 45.5 Å². The number of carbonyl (C=O) groups excluding carboxylic acids is 1. The van der Waals surface area contributed by atoms with Crippen molar-refractivity contribution in [2.24, 2.45) is 10.2 Å². The number of hydrogen-bond donors (Lipinski definition) is 2. The second-order valence-corrected chi connectivity index (χ2v) is 5.29. The van der Waals surface area contributed by atoms with Crippen molar-refractivity contribution in [2.45, 2.75) is 31.8 Å². The minimum atomic E-state index is -1.21. The molecule has 0 aromatic heterocycles. The first kappa shape index (κ1) is 16.6. The van der Waals surface area contributed by atoms with E-state index in [0.29, 0.717) is 19.3 Å². The highest BCUT2D eigenvalue weighted by Crippen LogP contribution is 2.36. The average molecular weight is 317 g/mol. The summed E-state index contributed by atoms with van der Waals surface area (Å²) >= 11 is 0. The zero-order chi connectivity index (χ0) is 17.0. The Balaban J connectivity index is 2.00. The maximum Gasteiger partial charge on any atom is 0.335 e. The highest BCUT2D eigenvalue weighted by Gasteiger charge is 2.38. The van der Waals surface area contributed by atoms with E-state index in [4.69, 9.17) is 11.5 Å². The molecule has 6 nitrogen and oxygen atoms in total. The van der Waals surface area contributed by atoms with E-state index < -0.39 is 23.4 Å². The van der Waals surface area contributed by atoms with Gasteiger partial charge in [-0.1, -0.05) is 0 Å². The number of hydrogen-bond acceptors (Lipinski definition) is 4. The van der Waals surface area contributed by atoms with Crippen LogP contribution in [0.5, 0.6) is 0 Å². The van der Waals surface area contributed by atoms with Crippen molar-refractivity contribution >= 4 is 11.9 Å². The average Bonchev–Trinajstić information content (AvgIpc) is 3.25. The van der Waals surface area contributed by atoms with Gasteiger partial charge in [0.2, 0.25) is 0 Å². The third-order valence-electron chi connectivity index (χ3n) is 3.74. The van der Waals surface area contributed by atoms with Crippen molar-refractivity contribution in [1.29, 1.82) is 0 Å². The predicted molar refractivity (Wildman–Crippen MR) is 80.7 cm³/mol. The summed E-state index contributed by atoms with van der Waals surface area (Å²) in [5.41, 5.74) is -0.796. The molecule has 0 radical (unpaired) electrons. The fraction of sp³-hybridized carbons (Fsp3) is 0.375. The lowest BCUT2D eigenvalue weighted by atomic mass is 10.0. The summed E-state index contributed by atoms with van der Waals surface area (Å²) in [4.78, 5) is 23.2. The summed E-state index contributed by atoms with van der Waals surface area (Å²) in [6, 6.07) is 2.12. The van der Waals surface area contributed by atoms with Crippen molar-refractivity contribution in [2.75, 3.05) is 6.54 Å². The Morgan fingerprint density at radius 1 is 1.39 bits per heavy atom. The van der Waals surface area contributed by atoms with Crippen molar-refractivity contribution in [3.8, 4) is 12.3 Å². The van der Waals surface area contributed by atoms with Gasteiger partial charge in [-0.3, -0.25) is 4.79 Å². The normalized spacial score (nSPS) is 14.1. The monoisotopic (exact) mass is 317 g/mol. The molecule has 1 heterocycles. The summed E-state index contributed by atoms with van der Waals surface area (Å²) in [5, 5.41) is 19.5.